The highest BCUT2D eigenvalue weighted by atomic mass is 19.3. The van der Waals surface area contributed by atoms with Crippen LogP contribution >= 0.6 is 0 Å². The number of halogens is 2. The summed E-state index contributed by atoms with van der Waals surface area (Å²) in [5, 5.41) is 0. The molecule has 0 radical (unpaired) electrons. The molecule has 0 saturated carbocycles. The van der Waals surface area contributed by atoms with Crippen LogP contribution in [0.3, 0.4) is 0 Å². The van der Waals surface area contributed by atoms with Crippen molar-refractivity contribution in [3.05, 3.63) is 0 Å². The number of nitrogens with two attached hydrogens (primary N) is 1. The Kier molecular flexibility index (Phi) is 3.84. The van der Waals surface area contributed by atoms with Crippen molar-refractivity contribution in [1.29, 1.82) is 0 Å². The normalized spacial score (nSPS) is 30.6. The predicted molar refractivity (Wildman–Crippen MR) is 53.5 cm³/mol. The molecular formula is C10H20F2N2. The fourth-order valence-electron chi connectivity index (χ4n) is 1.90. The zero-order valence-electron chi connectivity index (χ0n) is 8.97. The maximum Gasteiger partial charge on any atom is 0.260 e. The maximum atomic E-state index is 13.1. The summed E-state index contributed by atoms with van der Waals surface area (Å²) in [5.41, 5.74) is 5.77. The van der Waals surface area contributed by atoms with Crippen LogP contribution in [0.5, 0.6) is 0 Å². The van der Waals surface area contributed by atoms with Crippen LogP contribution in [0, 0.1) is 0 Å². The second kappa shape index (κ2) is 4.53. The third-order valence-electron chi connectivity index (χ3n) is 3.01. The van der Waals surface area contributed by atoms with Gasteiger partial charge in [-0.2, -0.15) is 0 Å². The topological polar surface area (TPSA) is 29.3 Å². The van der Waals surface area contributed by atoms with Crippen molar-refractivity contribution in [2.24, 2.45) is 5.73 Å². The van der Waals surface area contributed by atoms with E-state index in [0.29, 0.717) is 6.54 Å². The van der Waals surface area contributed by atoms with E-state index in [2.05, 4.69) is 0 Å². The molecule has 1 aliphatic heterocycles. The molecule has 1 rings (SSSR count). The number of piperidine rings is 1. The highest BCUT2D eigenvalue weighted by Gasteiger charge is 2.33. The largest absolute Gasteiger partial charge is 0.328 e. The third-order valence-corrected chi connectivity index (χ3v) is 3.01. The minimum Gasteiger partial charge on any atom is -0.328 e. The molecule has 1 aliphatic rings. The molecule has 0 bridgehead atoms. The monoisotopic (exact) mass is 206 g/mol. The van der Waals surface area contributed by atoms with E-state index in [9.17, 15) is 8.78 Å². The van der Waals surface area contributed by atoms with Crippen molar-refractivity contribution < 1.29 is 8.78 Å². The van der Waals surface area contributed by atoms with Gasteiger partial charge >= 0.3 is 0 Å². The van der Waals surface area contributed by atoms with Crippen molar-refractivity contribution in [1.82, 2.24) is 4.90 Å². The molecule has 2 atom stereocenters. The number of rotatable bonds is 3. The number of nitrogens with zero attached hydrogens (tertiary/aromatic N) is 1. The maximum absolute atomic E-state index is 13.1. The van der Waals surface area contributed by atoms with Gasteiger partial charge in [0.25, 0.3) is 5.92 Å². The van der Waals surface area contributed by atoms with Gasteiger partial charge in [0.05, 0.1) is 6.54 Å². The lowest BCUT2D eigenvalue weighted by atomic mass is 9.98. The van der Waals surface area contributed by atoms with E-state index >= 15 is 0 Å². The first-order chi connectivity index (χ1) is 6.44. The van der Waals surface area contributed by atoms with Crippen molar-refractivity contribution in [2.45, 2.75) is 51.1 Å². The molecule has 0 aromatic rings. The van der Waals surface area contributed by atoms with Gasteiger partial charge in [-0.25, -0.2) is 8.78 Å². The van der Waals surface area contributed by atoms with E-state index in [1.54, 1.807) is 0 Å². The number of hydrogen-bond acceptors (Lipinski definition) is 2. The molecular weight excluding hydrogens is 186 g/mol. The standard InChI is InChI=1S/C10H20F2N2/c1-3-10(11,12)7-14-5-4-9(13)6-8(14)2/h8-9H,3-7,13H2,1-2H3. The summed E-state index contributed by atoms with van der Waals surface area (Å²) in [6, 6.07) is 0.382. The Morgan fingerprint density at radius 3 is 2.64 bits per heavy atom. The molecule has 2 N–H and O–H groups in total. The van der Waals surface area contributed by atoms with Gasteiger partial charge in [0.2, 0.25) is 0 Å². The van der Waals surface area contributed by atoms with Crippen LogP contribution in [-0.2, 0) is 0 Å². The Balaban J connectivity index is 2.45. The lowest BCUT2D eigenvalue weighted by Gasteiger charge is -2.38. The van der Waals surface area contributed by atoms with Crippen LogP contribution in [0.4, 0.5) is 8.78 Å². The molecule has 0 aromatic heterocycles. The van der Waals surface area contributed by atoms with E-state index in [-0.39, 0.29) is 25.0 Å². The second-order valence-corrected chi connectivity index (χ2v) is 4.31. The summed E-state index contributed by atoms with van der Waals surface area (Å²) >= 11 is 0. The summed E-state index contributed by atoms with van der Waals surface area (Å²) in [7, 11) is 0. The Morgan fingerprint density at radius 1 is 1.50 bits per heavy atom. The van der Waals surface area contributed by atoms with Crippen LogP contribution in [0.15, 0.2) is 0 Å². The average molecular weight is 206 g/mol. The van der Waals surface area contributed by atoms with Gasteiger partial charge in [-0.15, -0.1) is 0 Å². The van der Waals surface area contributed by atoms with Crippen molar-refractivity contribution >= 4 is 0 Å². The van der Waals surface area contributed by atoms with Gasteiger partial charge in [-0.3, -0.25) is 4.90 Å². The number of alkyl halides is 2. The third kappa shape index (κ3) is 3.17. The van der Waals surface area contributed by atoms with Crippen LogP contribution in [-0.4, -0.2) is 36.0 Å². The zero-order valence-corrected chi connectivity index (χ0v) is 8.97. The molecule has 2 nitrogen and oxygen atoms in total. The molecule has 0 aromatic carbocycles. The minimum atomic E-state index is -2.55. The van der Waals surface area contributed by atoms with E-state index in [1.165, 1.54) is 6.92 Å². The zero-order chi connectivity index (χ0) is 10.8. The van der Waals surface area contributed by atoms with Crippen molar-refractivity contribution in [2.75, 3.05) is 13.1 Å². The summed E-state index contributed by atoms with van der Waals surface area (Å²) in [6.45, 7) is 4.10. The van der Waals surface area contributed by atoms with Gasteiger partial charge in [-0.1, -0.05) is 6.92 Å². The molecule has 14 heavy (non-hydrogen) atoms. The summed E-state index contributed by atoms with van der Waals surface area (Å²) in [6.07, 6.45) is 1.59. The summed E-state index contributed by atoms with van der Waals surface area (Å²) in [5.74, 6) is -2.55. The molecule has 0 amide bonds. The van der Waals surface area contributed by atoms with Gasteiger partial charge in [0, 0.05) is 25.0 Å². The van der Waals surface area contributed by atoms with Crippen LogP contribution in [0.1, 0.15) is 33.1 Å². The molecule has 1 fully saturated rings. The second-order valence-electron chi connectivity index (χ2n) is 4.31. The Bertz CT molecular complexity index is 185. The lowest BCUT2D eigenvalue weighted by molar-refractivity contribution is -0.0505. The van der Waals surface area contributed by atoms with Crippen molar-refractivity contribution in [3.63, 3.8) is 0 Å². The first-order valence-electron chi connectivity index (χ1n) is 5.32. The molecule has 0 aliphatic carbocycles. The van der Waals surface area contributed by atoms with E-state index in [4.69, 9.17) is 5.73 Å². The smallest absolute Gasteiger partial charge is 0.260 e. The van der Waals surface area contributed by atoms with E-state index in [1.807, 2.05) is 11.8 Å². The highest BCUT2D eigenvalue weighted by molar-refractivity contribution is 4.83. The quantitative estimate of drug-likeness (QED) is 0.763. The predicted octanol–water partition coefficient (Wildman–Crippen LogP) is 1.84. The van der Waals surface area contributed by atoms with Crippen LogP contribution < -0.4 is 5.73 Å². The number of likely N-dealkylation sites (tertiary alicyclic amines) is 1. The molecule has 1 saturated heterocycles. The van der Waals surface area contributed by atoms with Crippen LogP contribution in [0.25, 0.3) is 0 Å². The SMILES string of the molecule is CCC(F)(F)CN1CCC(N)CC1C. The van der Waals surface area contributed by atoms with Gasteiger partial charge in [-0.05, 0) is 19.8 Å². The number of hydrogen-bond donors (Lipinski definition) is 1. The Hall–Kier alpha value is -0.220. The first kappa shape index (κ1) is 11.9. The fraction of sp³-hybridized carbons (Fsp3) is 1.00. The molecule has 2 unspecified atom stereocenters. The fourth-order valence-corrected chi connectivity index (χ4v) is 1.90. The highest BCUT2D eigenvalue weighted by Crippen LogP contribution is 2.24. The molecule has 4 heteroatoms. The van der Waals surface area contributed by atoms with Gasteiger partial charge < -0.3 is 5.73 Å². The first-order valence-corrected chi connectivity index (χ1v) is 5.32. The Morgan fingerprint density at radius 2 is 2.14 bits per heavy atom. The molecule has 1 heterocycles. The molecule has 84 valence electrons. The van der Waals surface area contributed by atoms with Gasteiger partial charge in [0.1, 0.15) is 0 Å². The Labute approximate surface area is 84.4 Å². The van der Waals surface area contributed by atoms with Crippen molar-refractivity contribution in [3.8, 4) is 0 Å². The van der Waals surface area contributed by atoms with Gasteiger partial charge in [0.15, 0.2) is 0 Å². The summed E-state index contributed by atoms with van der Waals surface area (Å²) < 4.78 is 26.3. The average Bonchev–Trinajstić information content (AvgIpc) is 2.10. The minimum absolute atomic E-state index is 0.0811. The van der Waals surface area contributed by atoms with Crippen LogP contribution in [0.2, 0.25) is 0 Å². The van der Waals surface area contributed by atoms with E-state index in [0.717, 1.165) is 12.8 Å². The summed E-state index contributed by atoms with van der Waals surface area (Å²) in [4.78, 5) is 1.85. The van der Waals surface area contributed by atoms with E-state index < -0.39 is 5.92 Å². The lowest BCUT2D eigenvalue weighted by Crippen LogP contribution is -2.49. The molecule has 0 spiro atoms.